The highest BCUT2D eigenvalue weighted by molar-refractivity contribution is 6.14. The van der Waals surface area contributed by atoms with Gasteiger partial charge in [0.2, 0.25) is 11.8 Å². The monoisotopic (exact) mass is 372 g/mol. The fourth-order valence-corrected chi connectivity index (χ4v) is 2.89. The number of halogens is 2. The summed E-state index contributed by atoms with van der Waals surface area (Å²) in [5.41, 5.74) is 0.628. The average Bonchev–Trinajstić information content (AvgIpc) is 2.69. The fourth-order valence-electron chi connectivity index (χ4n) is 2.89. The lowest BCUT2D eigenvalue weighted by Gasteiger charge is -2.34. The van der Waals surface area contributed by atoms with E-state index in [1.807, 2.05) is 0 Å². The van der Waals surface area contributed by atoms with Crippen LogP contribution in [0.15, 0.2) is 60.7 Å². The molecule has 0 saturated carbocycles. The number of alkyl halides is 2. The summed E-state index contributed by atoms with van der Waals surface area (Å²) in [5, 5.41) is 0. The molecule has 2 aromatic rings. The van der Waals surface area contributed by atoms with Crippen LogP contribution in [0.2, 0.25) is 0 Å². The molecule has 0 spiro atoms. The Kier molecular flexibility index (Phi) is 5.59. The van der Waals surface area contributed by atoms with Crippen molar-refractivity contribution in [2.75, 3.05) is 13.1 Å². The van der Waals surface area contributed by atoms with Crippen molar-refractivity contribution in [3.05, 3.63) is 71.8 Å². The molecule has 1 heterocycles. The summed E-state index contributed by atoms with van der Waals surface area (Å²) < 4.78 is 29.0. The van der Waals surface area contributed by atoms with E-state index in [1.54, 1.807) is 60.7 Å². The zero-order valence-corrected chi connectivity index (χ0v) is 14.4. The first-order valence-electron chi connectivity index (χ1n) is 8.50. The number of barbiturate groups is 1. The second-order valence-electron chi connectivity index (χ2n) is 6.22. The third-order valence-electron chi connectivity index (χ3n) is 4.37. The Labute approximate surface area is 155 Å². The van der Waals surface area contributed by atoms with Crippen LogP contribution in [0, 0.1) is 0 Å². The van der Waals surface area contributed by atoms with Crippen LogP contribution < -0.4 is 0 Å². The summed E-state index contributed by atoms with van der Waals surface area (Å²) in [5.74, 6) is -1.56. The molecule has 1 aliphatic rings. The van der Waals surface area contributed by atoms with E-state index in [1.165, 1.54) is 0 Å². The van der Waals surface area contributed by atoms with Gasteiger partial charge in [-0.05, 0) is 11.1 Å². The van der Waals surface area contributed by atoms with E-state index in [4.69, 9.17) is 0 Å². The van der Waals surface area contributed by atoms with Crippen LogP contribution in [0.4, 0.5) is 13.6 Å². The van der Waals surface area contributed by atoms with Crippen molar-refractivity contribution in [1.82, 2.24) is 9.80 Å². The Balaban J connectivity index is 1.73. The summed E-state index contributed by atoms with van der Waals surface area (Å²) in [6, 6.07) is 15.2. The van der Waals surface area contributed by atoms with Crippen LogP contribution in [-0.2, 0) is 9.59 Å². The number of amides is 4. The standard InChI is InChI=1S/C20H18F2N2O3/c21-16(14-7-3-1-4-8-14)12-23-18(25)11-19(26)24(20(23)27)13-17(22)15-9-5-2-6-10-15/h1-10,16-17H,11-13H2. The first-order chi connectivity index (χ1) is 13.0. The smallest absolute Gasteiger partial charge is 0.274 e. The minimum Gasteiger partial charge on any atom is -0.274 e. The number of hydrogen-bond acceptors (Lipinski definition) is 3. The van der Waals surface area contributed by atoms with E-state index in [2.05, 4.69) is 0 Å². The number of rotatable bonds is 6. The highest BCUT2D eigenvalue weighted by Gasteiger charge is 2.40. The lowest BCUT2D eigenvalue weighted by molar-refractivity contribution is -0.143. The van der Waals surface area contributed by atoms with Gasteiger partial charge in [0.1, 0.15) is 18.8 Å². The molecule has 2 unspecified atom stereocenters. The molecule has 0 bridgehead atoms. The van der Waals surface area contributed by atoms with Gasteiger partial charge in [0.05, 0.1) is 13.1 Å². The van der Waals surface area contributed by atoms with Crippen LogP contribution in [0.3, 0.4) is 0 Å². The topological polar surface area (TPSA) is 57.7 Å². The molecule has 1 aliphatic heterocycles. The molecule has 2 atom stereocenters. The van der Waals surface area contributed by atoms with Gasteiger partial charge in [-0.2, -0.15) is 0 Å². The van der Waals surface area contributed by atoms with E-state index in [9.17, 15) is 23.2 Å². The number of imide groups is 2. The molecule has 7 heteroatoms. The van der Waals surface area contributed by atoms with Gasteiger partial charge in [0.15, 0.2) is 0 Å². The lowest BCUT2D eigenvalue weighted by Crippen LogP contribution is -2.56. The van der Waals surface area contributed by atoms with Gasteiger partial charge in [-0.3, -0.25) is 19.4 Å². The Hall–Kier alpha value is -3.09. The van der Waals surface area contributed by atoms with Gasteiger partial charge in [-0.15, -0.1) is 0 Å². The zero-order chi connectivity index (χ0) is 19.4. The second-order valence-corrected chi connectivity index (χ2v) is 6.22. The Morgan fingerprint density at radius 1 is 0.704 bits per heavy atom. The van der Waals surface area contributed by atoms with Crippen LogP contribution in [0.25, 0.3) is 0 Å². The normalized spacial score (nSPS) is 17.2. The van der Waals surface area contributed by atoms with Crippen LogP contribution in [0.1, 0.15) is 29.9 Å². The van der Waals surface area contributed by atoms with Crippen molar-refractivity contribution in [1.29, 1.82) is 0 Å². The van der Waals surface area contributed by atoms with Gasteiger partial charge in [0.25, 0.3) is 0 Å². The van der Waals surface area contributed by atoms with E-state index < -0.39 is 49.7 Å². The molecule has 2 aromatic carbocycles. The molecule has 0 N–H and O–H groups in total. The summed E-state index contributed by atoms with van der Waals surface area (Å²) in [6.07, 6.45) is -3.77. The third-order valence-corrected chi connectivity index (χ3v) is 4.37. The Morgan fingerprint density at radius 3 is 1.44 bits per heavy atom. The first-order valence-corrected chi connectivity index (χ1v) is 8.50. The molecule has 0 aliphatic carbocycles. The van der Waals surface area contributed by atoms with E-state index in [0.717, 1.165) is 0 Å². The minimum atomic E-state index is -1.59. The maximum Gasteiger partial charge on any atom is 0.333 e. The third kappa shape index (κ3) is 4.19. The number of nitrogens with zero attached hydrogens (tertiary/aromatic N) is 2. The van der Waals surface area contributed by atoms with Gasteiger partial charge in [-0.25, -0.2) is 13.6 Å². The van der Waals surface area contributed by atoms with Gasteiger partial charge in [-0.1, -0.05) is 60.7 Å². The zero-order valence-electron chi connectivity index (χ0n) is 14.4. The van der Waals surface area contributed by atoms with Crippen molar-refractivity contribution in [2.24, 2.45) is 0 Å². The molecule has 3 rings (SSSR count). The van der Waals surface area contributed by atoms with Crippen LogP contribution in [0.5, 0.6) is 0 Å². The highest BCUT2D eigenvalue weighted by Crippen LogP contribution is 2.25. The largest absolute Gasteiger partial charge is 0.333 e. The molecule has 27 heavy (non-hydrogen) atoms. The molecule has 140 valence electrons. The highest BCUT2D eigenvalue weighted by atomic mass is 19.1. The second kappa shape index (κ2) is 8.07. The van der Waals surface area contributed by atoms with Gasteiger partial charge in [0, 0.05) is 0 Å². The molecule has 1 saturated heterocycles. The molecule has 5 nitrogen and oxygen atoms in total. The van der Waals surface area contributed by atoms with Crippen molar-refractivity contribution >= 4 is 17.8 Å². The average molecular weight is 372 g/mol. The van der Waals surface area contributed by atoms with Gasteiger partial charge >= 0.3 is 6.03 Å². The summed E-state index contributed by atoms with van der Waals surface area (Å²) in [4.78, 5) is 38.1. The van der Waals surface area contributed by atoms with Crippen LogP contribution >= 0.6 is 0 Å². The van der Waals surface area contributed by atoms with E-state index in [-0.39, 0.29) is 0 Å². The van der Waals surface area contributed by atoms with Crippen LogP contribution in [-0.4, -0.2) is 40.7 Å². The fraction of sp³-hybridized carbons (Fsp3) is 0.250. The van der Waals surface area contributed by atoms with E-state index >= 15 is 0 Å². The number of carbonyl (C=O) groups is 3. The Morgan fingerprint density at radius 2 is 1.07 bits per heavy atom. The molecule has 1 fully saturated rings. The number of carbonyl (C=O) groups excluding carboxylic acids is 3. The summed E-state index contributed by atoms with van der Waals surface area (Å²) in [6.45, 7) is -1.04. The maximum atomic E-state index is 14.5. The molecule has 0 aromatic heterocycles. The lowest BCUT2D eigenvalue weighted by atomic mass is 10.1. The van der Waals surface area contributed by atoms with Crippen molar-refractivity contribution in [3.63, 3.8) is 0 Å². The molecule has 4 amide bonds. The molecular weight excluding hydrogens is 354 g/mol. The number of urea groups is 1. The minimum absolute atomic E-state index is 0.314. The van der Waals surface area contributed by atoms with Gasteiger partial charge < -0.3 is 0 Å². The number of benzene rings is 2. The van der Waals surface area contributed by atoms with Crippen molar-refractivity contribution < 1.29 is 23.2 Å². The summed E-state index contributed by atoms with van der Waals surface area (Å²) in [7, 11) is 0. The first kappa shape index (κ1) is 18.7. The van der Waals surface area contributed by atoms with Crippen molar-refractivity contribution in [2.45, 2.75) is 18.8 Å². The number of hydrogen-bond donors (Lipinski definition) is 0. The Bertz CT molecular complexity index is 762. The quantitative estimate of drug-likeness (QED) is 0.728. The predicted molar refractivity (Wildman–Crippen MR) is 94.0 cm³/mol. The van der Waals surface area contributed by atoms with Crippen molar-refractivity contribution in [3.8, 4) is 0 Å². The summed E-state index contributed by atoms with van der Waals surface area (Å²) >= 11 is 0. The SMILES string of the molecule is O=C1CC(=O)N(CC(F)c2ccccc2)C(=O)N1CC(F)c1ccccc1. The molecule has 0 radical (unpaired) electrons. The van der Waals surface area contributed by atoms with E-state index in [0.29, 0.717) is 20.9 Å². The molecular formula is C20H18F2N2O3. The maximum absolute atomic E-state index is 14.5. The predicted octanol–water partition coefficient (Wildman–Crippen LogP) is 3.59.